The standard InChI is InChI=1S/C11H10FN3O/c1-11(12,15-8-13-7-14-15)10(16)9-5-3-2-4-6-9/h2-8H,1H3. The molecule has 0 aliphatic heterocycles. The van der Waals surface area contributed by atoms with Crippen molar-refractivity contribution >= 4 is 5.78 Å². The van der Waals surface area contributed by atoms with Gasteiger partial charge in [0.15, 0.2) is 0 Å². The van der Waals surface area contributed by atoms with E-state index < -0.39 is 11.6 Å². The predicted octanol–water partition coefficient (Wildman–Crippen LogP) is 1.80. The molecule has 0 radical (unpaired) electrons. The van der Waals surface area contributed by atoms with Crippen molar-refractivity contribution < 1.29 is 9.18 Å². The molecule has 0 saturated heterocycles. The first-order chi connectivity index (χ1) is 7.62. The Morgan fingerprint density at radius 2 is 2.06 bits per heavy atom. The third-order valence-corrected chi connectivity index (χ3v) is 2.30. The highest BCUT2D eigenvalue weighted by atomic mass is 19.1. The molecule has 0 amide bonds. The second-order valence-corrected chi connectivity index (χ2v) is 3.49. The van der Waals surface area contributed by atoms with Crippen molar-refractivity contribution in [2.24, 2.45) is 0 Å². The largest absolute Gasteiger partial charge is 0.288 e. The van der Waals surface area contributed by atoms with Crippen LogP contribution in [0.5, 0.6) is 0 Å². The Hall–Kier alpha value is -2.04. The van der Waals surface area contributed by atoms with Gasteiger partial charge in [-0.3, -0.25) is 4.79 Å². The van der Waals surface area contributed by atoms with Crippen LogP contribution < -0.4 is 0 Å². The fraction of sp³-hybridized carbons (Fsp3) is 0.182. The van der Waals surface area contributed by atoms with Gasteiger partial charge in [0.1, 0.15) is 12.7 Å². The molecule has 4 nitrogen and oxygen atoms in total. The molecular weight excluding hydrogens is 209 g/mol. The molecule has 0 spiro atoms. The Bertz CT molecular complexity index is 479. The average molecular weight is 219 g/mol. The molecule has 5 heteroatoms. The van der Waals surface area contributed by atoms with Gasteiger partial charge in [0, 0.05) is 5.56 Å². The Balaban J connectivity index is 2.36. The first-order valence-corrected chi connectivity index (χ1v) is 4.76. The second kappa shape index (κ2) is 3.84. The summed E-state index contributed by atoms with van der Waals surface area (Å²) in [4.78, 5) is 15.5. The third kappa shape index (κ3) is 1.71. The van der Waals surface area contributed by atoms with Crippen molar-refractivity contribution in [1.29, 1.82) is 0 Å². The number of benzene rings is 1. The van der Waals surface area contributed by atoms with E-state index in [1.807, 2.05) is 0 Å². The van der Waals surface area contributed by atoms with Gasteiger partial charge in [0.25, 0.3) is 5.79 Å². The van der Waals surface area contributed by atoms with Gasteiger partial charge in [0.2, 0.25) is 5.78 Å². The maximum Gasteiger partial charge on any atom is 0.262 e. The number of carbonyl (C=O) groups is 1. The highest BCUT2D eigenvalue weighted by molar-refractivity contribution is 6.00. The minimum atomic E-state index is -2.21. The van der Waals surface area contributed by atoms with Crippen LogP contribution in [0.25, 0.3) is 0 Å². The Morgan fingerprint density at radius 1 is 1.38 bits per heavy atom. The molecular formula is C11H10FN3O. The monoisotopic (exact) mass is 219 g/mol. The molecule has 0 bridgehead atoms. The minimum Gasteiger partial charge on any atom is -0.288 e. The van der Waals surface area contributed by atoms with Crippen LogP contribution in [0, 0.1) is 0 Å². The van der Waals surface area contributed by atoms with Crippen molar-refractivity contribution in [2.45, 2.75) is 12.7 Å². The van der Waals surface area contributed by atoms with Gasteiger partial charge in [-0.05, 0) is 6.92 Å². The lowest BCUT2D eigenvalue weighted by molar-refractivity contribution is 0.0459. The zero-order valence-corrected chi connectivity index (χ0v) is 8.67. The quantitative estimate of drug-likeness (QED) is 0.739. The van der Waals surface area contributed by atoms with Crippen LogP contribution in [-0.4, -0.2) is 20.5 Å². The topological polar surface area (TPSA) is 47.8 Å². The van der Waals surface area contributed by atoms with Gasteiger partial charge in [0.05, 0.1) is 0 Å². The SMILES string of the molecule is CC(F)(C(=O)c1ccccc1)n1cncn1. The third-order valence-electron chi connectivity index (χ3n) is 2.30. The van der Waals surface area contributed by atoms with Gasteiger partial charge >= 0.3 is 0 Å². The smallest absolute Gasteiger partial charge is 0.262 e. The summed E-state index contributed by atoms with van der Waals surface area (Å²) in [6.07, 6.45) is 2.37. The van der Waals surface area contributed by atoms with Gasteiger partial charge in [-0.2, -0.15) is 5.10 Å². The summed E-state index contributed by atoms with van der Waals surface area (Å²) in [6, 6.07) is 8.27. The molecule has 1 atom stereocenters. The van der Waals surface area contributed by atoms with E-state index in [-0.39, 0.29) is 0 Å². The van der Waals surface area contributed by atoms with Crippen molar-refractivity contribution in [1.82, 2.24) is 14.8 Å². The molecule has 0 N–H and O–H groups in total. The number of rotatable bonds is 3. The molecule has 0 fully saturated rings. The summed E-state index contributed by atoms with van der Waals surface area (Å²) >= 11 is 0. The molecule has 1 heterocycles. The molecule has 1 aromatic carbocycles. The number of ketones is 1. The van der Waals surface area contributed by atoms with Crippen LogP contribution in [0.4, 0.5) is 4.39 Å². The lowest BCUT2D eigenvalue weighted by Gasteiger charge is -2.18. The molecule has 2 aromatic rings. The zero-order valence-electron chi connectivity index (χ0n) is 8.67. The highest BCUT2D eigenvalue weighted by Crippen LogP contribution is 2.21. The average Bonchev–Trinajstić information content (AvgIpc) is 2.83. The molecule has 1 unspecified atom stereocenters. The van der Waals surface area contributed by atoms with E-state index in [0.29, 0.717) is 5.56 Å². The maximum absolute atomic E-state index is 14.2. The molecule has 2 rings (SSSR count). The first kappa shape index (κ1) is 10.5. The molecule has 82 valence electrons. The van der Waals surface area contributed by atoms with Gasteiger partial charge in [-0.15, -0.1) is 0 Å². The summed E-state index contributed by atoms with van der Waals surface area (Å²) in [5.41, 5.74) is 0.308. The van der Waals surface area contributed by atoms with Crippen LogP contribution >= 0.6 is 0 Å². The van der Waals surface area contributed by atoms with E-state index in [0.717, 1.165) is 11.6 Å². The van der Waals surface area contributed by atoms with Crippen LogP contribution in [0.1, 0.15) is 17.3 Å². The van der Waals surface area contributed by atoms with E-state index in [4.69, 9.17) is 0 Å². The van der Waals surface area contributed by atoms with E-state index in [9.17, 15) is 9.18 Å². The fourth-order valence-corrected chi connectivity index (χ4v) is 1.38. The number of halogens is 1. The first-order valence-electron chi connectivity index (χ1n) is 4.76. The van der Waals surface area contributed by atoms with E-state index in [1.165, 1.54) is 12.7 Å². The van der Waals surface area contributed by atoms with Crippen molar-refractivity contribution in [3.05, 3.63) is 48.5 Å². The predicted molar refractivity (Wildman–Crippen MR) is 55.6 cm³/mol. The number of aromatic nitrogens is 3. The lowest BCUT2D eigenvalue weighted by Crippen LogP contribution is -2.34. The Labute approximate surface area is 91.7 Å². The fourth-order valence-electron chi connectivity index (χ4n) is 1.38. The lowest BCUT2D eigenvalue weighted by atomic mass is 10.0. The number of Topliss-reactive ketones (excluding diaryl/α,β-unsaturated/α-hetero) is 1. The van der Waals surface area contributed by atoms with Crippen LogP contribution in [-0.2, 0) is 5.79 Å². The van der Waals surface area contributed by atoms with Crippen molar-refractivity contribution in [3.8, 4) is 0 Å². The van der Waals surface area contributed by atoms with Crippen molar-refractivity contribution in [2.75, 3.05) is 0 Å². The van der Waals surface area contributed by atoms with E-state index in [1.54, 1.807) is 30.3 Å². The van der Waals surface area contributed by atoms with Gasteiger partial charge < -0.3 is 0 Å². The summed E-state index contributed by atoms with van der Waals surface area (Å²) < 4.78 is 15.2. The number of carbonyl (C=O) groups excluding carboxylic acids is 1. The van der Waals surface area contributed by atoms with Crippen LogP contribution in [0.2, 0.25) is 0 Å². The molecule has 0 saturated carbocycles. The van der Waals surface area contributed by atoms with Crippen LogP contribution in [0.3, 0.4) is 0 Å². The normalized spacial score (nSPS) is 14.4. The molecule has 1 aromatic heterocycles. The minimum absolute atomic E-state index is 0.308. The summed E-state index contributed by atoms with van der Waals surface area (Å²) in [6.45, 7) is 1.16. The number of hydrogen-bond donors (Lipinski definition) is 0. The zero-order chi connectivity index (χ0) is 11.6. The number of nitrogens with zero attached hydrogens (tertiary/aromatic N) is 3. The van der Waals surface area contributed by atoms with Gasteiger partial charge in [-0.1, -0.05) is 30.3 Å². The Kier molecular flexibility index (Phi) is 2.52. The van der Waals surface area contributed by atoms with Crippen LogP contribution in [0.15, 0.2) is 43.0 Å². The summed E-state index contributed by atoms with van der Waals surface area (Å²) in [7, 11) is 0. The van der Waals surface area contributed by atoms with Gasteiger partial charge in [-0.25, -0.2) is 14.1 Å². The highest BCUT2D eigenvalue weighted by Gasteiger charge is 2.36. The molecule has 0 aliphatic rings. The maximum atomic E-state index is 14.2. The van der Waals surface area contributed by atoms with Crippen molar-refractivity contribution in [3.63, 3.8) is 0 Å². The second-order valence-electron chi connectivity index (χ2n) is 3.49. The summed E-state index contributed by atoms with van der Waals surface area (Å²) in [5, 5.41) is 3.64. The Morgan fingerprint density at radius 3 is 2.62 bits per heavy atom. The van der Waals surface area contributed by atoms with E-state index >= 15 is 0 Å². The molecule has 16 heavy (non-hydrogen) atoms. The number of hydrogen-bond acceptors (Lipinski definition) is 3. The number of alkyl halides is 1. The molecule has 0 aliphatic carbocycles. The summed E-state index contributed by atoms with van der Waals surface area (Å²) in [5.74, 6) is -2.85. The van der Waals surface area contributed by atoms with E-state index in [2.05, 4.69) is 10.1 Å².